The Bertz CT molecular complexity index is 594. The number of halogens is 1. The van der Waals surface area contributed by atoms with E-state index in [1.54, 1.807) is 35.1 Å². The van der Waals surface area contributed by atoms with Gasteiger partial charge in [-0.15, -0.1) is 0 Å². The molecule has 0 N–H and O–H groups in total. The summed E-state index contributed by atoms with van der Waals surface area (Å²) < 4.78 is 10.1. The lowest BCUT2D eigenvalue weighted by atomic mass is 10.2. The van der Waals surface area contributed by atoms with Crippen LogP contribution in [0.2, 0.25) is 5.02 Å². The Labute approximate surface area is 147 Å². The molecule has 2 amide bonds. The molecule has 24 heavy (non-hydrogen) atoms. The van der Waals surface area contributed by atoms with Crippen LogP contribution in [0.5, 0.6) is 5.75 Å². The number of amides is 2. The minimum absolute atomic E-state index is 0.0653. The summed E-state index contributed by atoms with van der Waals surface area (Å²) in [6.45, 7) is 2.73. The maximum absolute atomic E-state index is 12.7. The Kier molecular flexibility index (Phi) is 6.87. The van der Waals surface area contributed by atoms with Gasteiger partial charge in [-0.05, 0) is 24.6 Å². The number of benzene rings is 1. The molecule has 0 bridgehead atoms. The molecule has 1 aliphatic heterocycles. The van der Waals surface area contributed by atoms with Gasteiger partial charge in [0.15, 0.2) is 0 Å². The zero-order valence-electron chi connectivity index (χ0n) is 14.1. The first-order valence-corrected chi connectivity index (χ1v) is 8.33. The van der Waals surface area contributed by atoms with E-state index in [9.17, 15) is 9.59 Å². The molecule has 1 aromatic carbocycles. The van der Waals surface area contributed by atoms with Crippen molar-refractivity contribution in [2.75, 3.05) is 47.0 Å². The van der Waals surface area contributed by atoms with Gasteiger partial charge in [0.05, 0.1) is 20.1 Å². The van der Waals surface area contributed by atoms with Crippen LogP contribution in [0.15, 0.2) is 18.2 Å². The number of ether oxygens (including phenoxy) is 2. The molecule has 0 unspecified atom stereocenters. The smallest absolute Gasteiger partial charge is 0.254 e. The second kappa shape index (κ2) is 8.89. The van der Waals surface area contributed by atoms with E-state index in [2.05, 4.69) is 0 Å². The van der Waals surface area contributed by atoms with Gasteiger partial charge in [0, 0.05) is 43.9 Å². The normalized spacial score (nSPS) is 15.1. The van der Waals surface area contributed by atoms with Gasteiger partial charge in [-0.2, -0.15) is 0 Å². The van der Waals surface area contributed by atoms with E-state index in [-0.39, 0.29) is 11.8 Å². The molecule has 0 spiro atoms. The first-order valence-electron chi connectivity index (χ1n) is 7.95. The minimum atomic E-state index is -0.0954. The van der Waals surface area contributed by atoms with Gasteiger partial charge in [-0.3, -0.25) is 9.59 Å². The number of nitrogens with zero attached hydrogens (tertiary/aromatic N) is 2. The van der Waals surface area contributed by atoms with E-state index < -0.39 is 0 Å². The molecule has 6 nitrogen and oxygen atoms in total. The zero-order valence-corrected chi connectivity index (χ0v) is 14.8. The van der Waals surface area contributed by atoms with E-state index in [4.69, 9.17) is 21.1 Å². The van der Waals surface area contributed by atoms with E-state index in [1.165, 1.54) is 7.11 Å². The second-order valence-corrected chi connectivity index (χ2v) is 6.09. The molecule has 1 heterocycles. The highest BCUT2D eigenvalue weighted by Gasteiger charge is 2.23. The number of carbonyl (C=O) groups excluding carboxylic acids is 2. The molecule has 2 rings (SSSR count). The lowest BCUT2D eigenvalue weighted by Gasteiger charge is -2.22. The molecule has 1 aromatic rings. The van der Waals surface area contributed by atoms with Gasteiger partial charge in [0.25, 0.3) is 5.91 Å². The second-order valence-electron chi connectivity index (χ2n) is 5.65. The van der Waals surface area contributed by atoms with Crippen molar-refractivity contribution in [1.82, 2.24) is 9.80 Å². The summed E-state index contributed by atoms with van der Waals surface area (Å²) in [4.78, 5) is 28.4. The highest BCUT2D eigenvalue weighted by Crippen LogP contribution is 2.22. The first-order chi connectivity index (χ1) is 11.5. The Hall–Kier alpha value is -1.79. The van der Waals surface area contributed by atoms with Gasteiger partial charge in [-0.1, -0.05) is 11.6 Å². The van der Waals surface area contributed by atoms with Gasteiger partial charge in [0.2, 0.25) is 5.91 Å². The average Bonchev–Trinajstić information content (AvgIpc) is 2.84. The predicted octanol–water partition coefficient (Wildman–Crippen LogP) is 2.06. The summed E-state index contributed by atoms with van der Waals surface area (Å²) in [6.07, 6.45) is 1.12. The Balaban J connectivity index is 2.01. The SMILES string of the molecule is COCCC(=O)N1CCCN(C(=O)c2cc(Cl)cc(OC)c2)CC1. The molecule has 0 atom stereocenters. The van der Waals surface area contributed by atoms with Crippen LogP contribution in [0.4, 0.5) is 0 Å². The van der Waals surface area contributed by atoms with Crippen LogP contribution in [-0.2, 0) is 9.53 Å². The van der Waals surface area contributed by atoms with Crippen LogP contribution in [0.1, 0.15) is 23.2 Å². The van der Waals surface area contributed by atoms with Crippen molar-refractivity contribution in [3.05, 3.63) is 28.8 Å². The first kappa shape index (κ1) is 18.5. The number of rotatable bonds is 5. The van der Waals surface area contributed by atoms with Crippen LogP contribution >= 0.6 is 11.6 Å². The van der Waals surface area contributed by atoms with Gasteiger partial charge < -0.3 is 19.3 Å². The fraction of sp³-hybridized carbons (Fsp3) is 0.529. The third-order valence-electron chi connectivity index (χ3n) is 4.01. The molecule has 0 saturated carbocycles. The summed E-state index contributed by atoms with van der Waals surface area (Å²) in [5, 5.41) is 0.462. The summed E-state index contributed by atoms with van der Waals surface area (Å²) in [7, 11) is 3.12. The van der Waals surface area contributed by atoms with Crippen LogP contribution in [-0.4, -0.2) is 68.6 Å². The quantitative estimate of drug-likeness (QED) is 0.812. The maximum Gasteiger partial charge on any atom is 0.254 e. The molecule has 0 aliphatic carbocycles. The molecule has 0 radical (unpaired) electrons. The molecular formula is C17H23ClN2O4. The van der Waals surface area contributed by atoms with Gasteiger partial charge >= 0.3 is 0 Å². The lowest BCUT2D eigenvalue weighted by molar-refractivity contribution is -0.132. The monoisotopic (exact) mass is 354 g/mol. The Morgan fingerprint density at radius 1 is 1.08 bits per heavy atom. The average molecular weight is 355 g/mol. The number of carbonyl (C=O) groups is 2. The van der Waals surface area contributed by atoms with E-state index in [1.807, 2.05) is 0 Å². The van der Waals surface area contributed by atoms with Crippen molar-refractivity contribution in [3.8, 4) is 5.75 Å². The molecular weight excluding hydrogens is 332 g/mol. The third kappa shape index (κ3) is 4.85. The highest BCUT2D eigenvalue weighted by atomic mass is 35.5. The van der Waals surface area contributed by atoms with E-state index in [0.717, 1.165) is 6.42 Å². The number of methoxy groups -OCH3 is 2. The fourth-order valence-corrected chi connectivity index (χ4v) is 2.93. The van der Waals surface area contributed by atoms with Crippen LogP contribution in [0, 0.1) is 0 Å². The zero-order chi connectivity index (χ0) is 17.5. The molecule has 7 heteroatoms. The number of hydrogen-bond acceptors (Lipinski definition) is 4. The third-order valence-corrected chi connectivity index (χ3v) is 4.23. The Morgan fingerprint density at radius 2 is 1.79 bits per heavy atom. The molecule has 1 fully saturated rings. The predicted molar refractivity (Wildman–Crippen MR) is 91.6 cm³/mol. The largest absolute Gasteiger partial charge is 0.497 e. The number of hydrogen-bond donors (Lipinski definition) is 0. The summed E-state index contributed by atoms with van der Waals surface area (Å²) in [6, 6.07) is 4.98. The highest BCUT2D eigenvalue weighted by molar-refractivity contribution is 6.31. The van der Waals surface area contributed by atoms with E-state index >= 15 is 0 Å². The van der Waals surface area contributed by atoms with Crippen molar-refractivity contribution in [2.45, 2.75) is 12.8 Å². The summed E-state index contributed by atoms with van der Waals surface area (Å²) in [5.74, 6) is 0.523. The lowest BCUT2D eigenvalue weighted by Crippen LogP contribution is -2.37. The molecule has 132 valence electrons. The van der Waals surface area contributed by atoms with Crippen LogP contribution in [0.25, 0.3) is 0 Å². The molecule has 0 aromatic heterocycles. The standard InChI is InChI=1S/C17H23ClN2O4/c1-23-9-4-16(21)19-5-3-6-20(8-7-19)17(22)13-10-14(18)12-15(11-13)24-2/h10-12H,3-9H2,1-2H3. The summed E-state index contributed by atoms with van der Waals surface area (Å²) in [5.41, 5.74) is 0.499. The summed E-state index contributed by atoms with van der Waals surface area (Å²) >= 11 is 6.04. The van der Waals surface area contributed by atoms with Crippen molar-refractivity contribution in [2.24, 2.45) is 0 Å². The van der Waals surface area contributed by atoms with Gasteiger partial charge in [-0.25, -0.2) is 0 Å². The van der Waals surface area contributed by atoms with Crippen molar-refractivity contribution in [1.29, 1.82) is 0 Å². The molecule has 1 saturated heterocycles. The maximum atomic E-state index is 12.7. The van der Waals surface area contributed by atoms with Crippen molar-refractivity contribution >= 4 is 23.4 Å². The van der Waals surface area contributed by atoms with Gasteiger partial charge in [0.1, 0.15) is 5.75 Å². The molecule has 1 aliphatic rings. The van der Waals surface area contributed by atoms with Crippen molar-refractivity contribution < 1.29 is 19.1 Å². The fourth-order valence-electron chi connectivity index (χ4n) is 2.70. The topological polar surface area (TPSA) is 59.1 Å². The van der Waals surface area contributed by atoms with E-state index in [0.29, 0.717) is 55.5 Å². The Morgan fingerprint density at radius 3 is 2.50 bits per heavy atom. The van der Waals surface area contributed by atoms with Crippen molar-refractivity contribution in [3.63, 3.8) is 0 Å². The van der Waals surface area contributed by atoms with Crippen LogP contribution < -0.4 is 4.74 Å². The minimum Gasteiger partial charge on any atom is -0.497 e. The van der Waals surface area contributed by atoms with Crippen LogP contribution in [0.3, 0.4) is 0 Å².